The number of hydrogen-bond donors (Lipinski definition) is 2. The number of rotatable bonds is 4. The van der Waals surface area contributed by atoms with E-state index in [4.69, 9.17) is 5.26 Å². The van der Waals surface area contributed by atoms with Gasteiger partial charge in [0.1, 0.15) is 5.75 Å². The Morgan fingerprint density at radius 2 is 2.16 bits per heavy atom. The van der Waals surface area contributed by atoms with E-state index >= 15 is 0 Å². The molecule has 1 heterocycles. The predicted molar refractivity (Wildman–Crippen MR) is 74.9 cm³/mol. The van der Waals surface area contributed by atoms with Crippen LogP contribution in [0.1, 0.15) is 36.9 Å². The molecule has 0 spiro atoms. The van der Waals surface area contributed by atoms with E-state index in [0.29, 0.717) is 11.3 Å². The van der Waals surface area contributed by atoms with E-state index in [1.165, 1.54) is 0 Å². The Hall–Kier alpha value is -1.57. The van der Waals surface area contributed by atoms with Crippen molar-refractivity contribution < 1.29 is 5.11 Å². The second kappa shape index (κ2) is 6.55. The SMILES string of the molecule is CCC[C@H](c1cc(C#N)ccc1O)N1CCNCC1. The first-order valence-electron chi connectivity index (χ1n) is 6.94. The molecule has 0 radical (unpaired) electrons. The Labute approximate surface area is 114 Å². The van der Waals surface area contributed by atoms with Crippen molar-refractivity contribution in [2.24, 2.45) is 0 Å². The highest BCUT2D eigenvalue weighted by atomic mass is 16.3. The molecule has 0 saturated carbocycles. The van der Waals surface area contributed by atoms with Crippen molar-refractivity contribution in [3.8, 4) is 11.8 Å². The summed E-state index contributed by atoms with van der Waals surface area (Å²) in [7, 11) is 0. The molecule has 0 unspecified atom stereocenters. The number of hydrogen-bond acceptors (Lipinski definition) is 4. The summed E-state index contributed by atoms with van der Waals surface area (Å²) in [5.41, 5.74) is 1.51. The first kappa shape index (κ1) is 13.9. The van der Waals surface area contributed by atoms with Gasteiger partial charge in [0.2, 0.25) is 0 Å². The summed E-state index contributed by atoms with van der Waals surface area (Å²) in [6, 6.07) is 7.50. The Morgan fingerprint density at radius 3 is 2.79 bits per heavy atom. The van der Waals surface area contributed by atoms with Crippen LogP contribution in [-0.4, -0.2) is 36.2 Å². The molecule has 1 atom stereocenters. The summed E-state index contributed by atoms with van der Waals surface area (Å²) in [5.74, 6) is 0.302. The largest absolute Gasteiger partial charge is 0.508 e. The standard InChI is InChI=1S/C15H21N3O/c1-2-3-14(18-8-6-17-7-9-18)13-10-12(11-16)4-5-15(13)19/h4-5,10,14,17,19H,2-3,6-9H2,1H3/t14-/m1/s1. The fraction of sp³-hybridized carbons (Fsp3) is 0.533. The Kier molecular flexibility index (Phi) is 4.78. The zero-order valence-electron chi connectivity index (χ0n) is 11.4. The van der Waals surface area contributed by atoms with E-state index < -0.39 is 0 Å². The summed E-state index contributed by atoms with van der Waals surface area (Å²) < 4.78 is 0. The molecule has 1 aromatic rings. The van der Waals surface area contributed by atoms with Gasteiger partial charge < -0.3 is 10.4 Å². The minimum absolute atomic E-state index is 0.209. The highest BCUT2D eigenvalue weighted by Crippen LogP contribution is 2.33. The van der Waals surface area contributed by atoms with Gasteiger partial charge in [-0.25, -0.2) is 0 Å². The number of phenolic OH excluding ortho intramolecular Hbond substituents is 1. The maximum absolute atomic E-state index is 10.1. The van der Waals surface area contributed by atoms with Gasteiger partial charge >= 0.3 is 0 Å². The van der Waals surface area contributed by atoms with E-state index in [-0.39, 0.29) is 6.04 Å². The maximum Gasteiger partial charge on any atom is 0.120 e. The first-order valence-corrected chi connectivity index (χ1v) is 6.94. The van der Waals surface area contributed by atoms with Gasteiger partial charge in [0.05, 0.1) is 11.6 Å². The van der Waals surface area contributed by atoms with Crippen LogP contribution in [0.15, 0.2) is 18.2 Å². The van der Waals surface area contributed by atoms with E-state index in [2.05, 4.69) is 23.2 Å². The number of phenols is 1. The second-order valence-corrected chi connectivity index (χ2v) is 4.98. The third kappa shape index (κ3) is 3.25. The van der Waals surface area contributed by atoms with Crippen molar-refractivity contribution in [2.75, 3.05) is 26.2 Å². The molecule has 1 saturated heterocycles. The number of benzene rings is 1. The highest BCUT2D eigenvalue weighted by Gasteiger charge is 2.23. The monoisotopic (exact) mass is 259 g/mol. The normalized spacial score (nSPS) is 17.9. The van der Waals surface area contributed by atoms with Crippen molar-refractivity contribution in [1.29, 1.82) is 5.26 Å². The molecule has 19 heavy (non-hydrogen) atoms. The van der Waals surface area contributed by atoms with Crippen molar-refractivity contribution in [3.05, 3.63) is 29.3 Å². The third-order valence-electron chi connectivity index (χ3n) is 3.67. The lowest BCUT2D eigenvalue weighted by molar-refractivity contribution is 0.162. The molecular weight excluding hydrogens is 238 g/mol. The average Bonchev–Trinajstić information content (AvgIpc) is 2.47. The third-order valence-corrected chi connectivity index (χ3v) is 3.67. The molecule has 0 aliphatic carbocycles. The van der Waals surface area contributed by atoms with Gasteiger partial charge in [0.15, 0.2) is 0 Å². The molecule has 2 N–H and O–H groups in total. The summed E-state index contributed by atoms with van der Waals surface area (Å²) in [5, 5.41) is 22.5. The van der Waals surface area contributed by atoms with Gasteiger partial charge in [-0.05, 0) is 24.6 Å². The molecule has 1 fully saturated rings. The van der Waals surface area contributed by atoms with Crippen LogP contribution < -0.4 is 5.32 Å². The van der Waals surface area contributed by atoms with Crippen LogP contribution in [0.5, 0.6) is 5.75 Å². The number of nitriles is 1. The molecule has 0 bridgehead atoms. The zero-order chi connectivity index (χ0) is 13.7. The summed E-state index contributed by atoms with van der Waals surface area (Å²) in [4.78, 5) is 2.40. The van der Waals surface area contributed by atoms with E-state index in [0.717, 1.165) is 44.6 Å². The van der Waals surface area contributed by atoms with E-state index in [1.807, 2.05) is 6.07 Å². The van der Waals surface area contributed by atoms with Gasteiger partial charge in [-0.1, -0.05) is 13.3 Å². The Bertz CT molecular complexity index is 461. The van der Waals surface area contributed by atoms with Gasteiger partial charge in [-0.3, -0.25) is 4.90 Å². The summed E-state index contributed by atoms with van der Waals surface area (Å²) >= 11 is 0. The van der Waals surface area contributed by atoms with Crippen LogP contribution in [-0.2, 0) is 0 Å². The van der Waals surface area contributed by atoms with Crippen molar-refractivity contribution in [1.82, 2.24) is 10.2 Å². The molecule has 4 heteroatoms. The highest BCUT2D eigenvalue weighted by molar-refractivity contribution is 5.43. The fourth-order valence-corrected chi connectivity index (χ4v) is 2.69. The zero-order valence-corrected chi connectivity index (χ0v) is 11.4. The number of nitrogens with zero attached hydrogens (tertiary/aromatic N) is 2. The maximum atomic E-state index is 10.1. The van der Waals surface area contributed by atoms with Crippen LogP contribution >= 0.6 is 0 Å². The van der Waals surface area contributed by atoms with Gasteiger partial charge in [0, 0.05) is 37.8 Å². The lowest BCUT2D eigenvalue weighted by atomic mass is 9.97. The molecule has 1 aromatic carbocycles. The minimum atomic E-state index is 0.209. The van der Waals surface area contributed by atoms with Crippen LogP contribution in [0, 0.1) is 11.3 Å². The van der Waals surface area contributed by atoms with E-state index in [9.17, 15) is 5.11 Å². The van der Waals surface area contributed by atoms with Gasteiger partial charge in [-0.15, -0.1) is 0 Å². The number of nitrogens with one attached hydrogen (secondary N) is 1. The van der Waals surface area contributed by atoms with Crippen LogP contribution in [0.3, 0.4) is 0 Å². The fourth-order valence-electron chi connectivity index (χ4n) is 2.69. The van der Waals surface area contributed by atoms with Crippen LogP contribution in [0.4, 0.5) is 0 Å². The molecular formula is C15H21N3O. The van der Waals surface area contributed by atoms with Gasteiger partial charge in [-0.2, -0.15) is 5.26 Å². The molecule has 2 rings (SSSR count). The Balaban J connectivity index is 2.29. The van der Waals surface area contributed by atoms with Gasteiger partial charge in [0.25, 0.3) is 0 Å². The second-order valence-electron chi connectivity index (χ2n) is 4.98. The predicted octanol–water partition coefficient (Wildman–Crippen LogP) is 2.01. The molecule has 0 amide bonds. The van der Waals surface area contributed by atoms with Crippen molar-refractivity contribution in [2.45, 2.75) is 25.8 Å². The number of piperazine rings is 1. The van der Waals surface area contributed by atoms with Crippen molar-refractivity contribution >= 4 is 0 Å². The van der Waals surface area contributed by atoms with Crippen molar-refractivity contribution in [3.63, 3.8) is 0 Å². The average molecular weight is 259 g/mol. The molecule has 1 aliphatic rings. The van der Waals surface area contributed by atoms with E-state index in [1.54, 1.807) is 12.1 Å². The molecule has 4 nitrogen and oxygen atoms in total. The lowest BCUT2D eigenvalue weighted by Gasteiger charge is -2.35. The lowest BCUT2D eigenvalue weighted by Crippen LogP contribution is -2.45. The topological polar surface area (TPSA) is 59.3 Å². The van der Waals surface area contributed by atoms with Crippen LogP contribution in [0.2, 0.25) is 0 Å². The molecule has 102 valence electrons. The smallest absolute Gasteiger partial charge is 0.120 e. The summed E-state index contributed by atoms with van der Waals surface area (Å²) in [6.45, 7) is 6.10. The van der Waals surface area contributed by atoms with Crippen LogP contribution in [0.25, 0.3) is 0 Å². The molecule has 0 aromatic heterocycles. The Morgan fingerprint density at radius 1 is 1.42 bits per heavy atom. The summed E-state index contributed by atoms with van der Waals surface area (Å²) in [6.07, 6.45) is 2.06. The minimum Gasteiger partial charge on any atom is -0.508 e. The molecule has 1 aliphatic heterocycles. The first-order chi connectivity index (χ1) is 9.26. The number of aromatic hydroxyl groups is 1. The quantitative estimate of drug-likeness (QED) is 0.868.